The van der Waals surface area contributed by atoms with E-state index in [0.29, 0.717) is 12.3 Å². The van der Waals surface area contributed by atoms with Gasteiger partial charge in [-0.3, -0.25) is 14.9 Å². The van der Waals surface area contributed by atoms with Gasteiger partial charge in [0.05, 0.1) is 0 Å². The first-order valence-corrected chi connectivity index (χ1v) is 6.95. The third-order valence-electron chi connectivity index (χ3n) is 2.36. The van der Waals surface area contributed by atoms with Crippen molar-refractivity contribution in [1.29, 1.82) is 0 Å². The van der Waals surface area contributed by atoms with Crippen LogP contribution in [0.5, 0.6) is 0 Å². The molecule has 0 radical (unpaired) electrons. The Kier molecular flexibility index (Phi) is 19.1. The maximum Gasteiger partial charge on any atom is 0.229 e. The van der Waals surface area contributed by atoms with Crippen molar-refractivity contribution in [1.82, 2.24) is 5.32 Å². The molecule has 2 amide bonds. The summed E-state index contributed by atoms with van der Waals surface area (Å²) >= 11 is 0. The smallest absolute Gasteiger partial charge is 0.229 e. The number of imide groups is 1. The zero-order valence-electron chi connectivity index (χ0n) is 12.9. The molecular weight excluding hydrogens is 214 g/mol. The second-order valence-corrected chi connectivity index (χ2v) is 3.22. The molecule has 0 saturated carbocycles. The van der Waals surface area contributed by atoms with Crippen LogP contribution in [-0.2, 0) is 9.59 Å². The summed E-state index contributed by atoms with van der Waals surface area (Å²) in [5.41, 5.74) is 0. The fraction of sp³-hybridized carbons (Fsp3) is 0.857. The average molecular weight is 245 g/mol. The molecule has 0 aliphatic carbocycles. The molecule has 1 rings (SSSR count). The van der Waals surface area contributed by atoms with Crippen molar-refractivity contribution < 1.29 is 9.59 Å². The van der Waals surface area contributed by atoms with E-state index in [1.54, 1.807) is 0 Å². The molecule has 1 N–H and O–H groups in total. The summed E-state index contributed by atoms with van der Waals surface area (Å²) in [5.74, 6) is 0.0362. The van der Waals surface area contributed by atoms with E-state index in [-0.39, 0.29) is 17.7 Å². The van der Waals surface area contributed by atoms with Crippen LogP contribution in [0.1, 0.15) is 68.2 Å². The molecule has 1 aliphatic heterocycles. The van der Waals surface area contributed by atoms with Crippen LogP contribution in [-0.4, -0.2) is 11.8 Å². The van der Waals surface area contributed by atoms with Crippen LogP contribution in [0.4, 0.5) is 0 Å². The van der Waals surface area contributed by atoms with Crippen LogP contribution in [0.3, 0.4) is 0 Å². The summed E-state index contributed by atoms with van der Waals surface area (Å²) < 4.78 is 0. The monoisotopic (exact) mass is 245 g/mol. The molecule has 0 aromatic rings. The molecule has 2 unspecified atom stereocenters. The highest BCUT2D eigenvalue weighted by molar-refractivity contribution is 5.96. The van der Waals surface area contributed by atoms with Crippen LogP contribution in [0.2, 0.25) is 0 Å². The van der Waals surface area contributed by atoms with E-state index in [2.05, 4.69) is 5.32 Å². The molecule has 0 aromatic heterocycles. The standard InChI is InChI=1S/C8H13NO2.3C2H6/c1-5-3-4-7(10)9-8(11)6(5)2;3*1-2/h5-6H,3-4H2,1-2H3,(H,9,10,11);3*1-2H3. The fourth-order valence-electron chi connectivity index (χ4n) is 1.18. The van der Waals surface area contributed by atoms with E-state index in [0.717, 1.165) is 6.42 Å². The summed E-state index contributed by atoms with van der Waals surface area (Å²) in [6.45, 7) is 15.9. The normalized spacial score (nSPS) is 22.4. The van der Waals surface area contributed by atoms with Gasteiger partial charge in [-0.25, -0.2) is 0 Å². The Bertz CT molecular complexity index is 191. The highest BCUT2D eigenvalue weighted by Gasteiger charge is 2.25. The Labute approximate surface area is 107 Å². The minimum Gasteiger partial charge on any atom is -0.296 e. The number of hydrogen-bond donors (Lipinski definition) is 1. The third kappa shape index (κ3) is 10.0. The van der Waals surface area contributed by atoms with Gasteiger partial charge in [-0.1, -0.05) is 55.4 Å². The molecule has 104 valence electrons. The molecule has 0 aromatic carbocycles. The van der Waals surface area contributed by atoms with E-state index in [1.165, 1.54) is 0 Å². The number of nitrogens with one attached hydrogen (secondary N) is 1. The third-order valence-corrected chi connectivity index (χ3v) is 2.36. The number of hydrogen-bond acceptors (Lipinski definition) is 2. The molecule has 1 heterocycles. The number of carbonyl (C=O) groups excluding carboxylic acids is 2. The van der Waals surface area contributed by atoms with Crippen molar-refractivity contribution in [3.05, 3.63) is 0 Å². The molecule has 17 heavy (non-hydrogen) atoms. The van der Waals surface area contributed by atoms with Gasteiger partial charge in [0.25, 0.3) is 0 Å². The maximum atomic E-state index is 11.1. The van der Waals surface area contributed by atoms with Crippen molar-refractivity contribution in [3.63, 3.8) is 0 Å². The molecule has 0 bridgehead atoms. The lowest BCUT2D eigenvalue weighted by atomic mass is 9.92. The molecule has 1 fully saturated rings. The summed E-state index contributed by atoms with van der Waals surface area (Å²) in [4.78, 5) is 22.0. The van der Waals surface area contributed by atoms with E-state index in [1.807, 2.05) is 55.4 Å². The predicted octanol–water partition coefficient (Wildman–Crippen LogP) is 3.77. The first-order chi connectivity index (χ1) is 8.11. The maximum absolute atomic E-state index is 11.1. The Morgan fingerprint density at radius 3 is 1.76 bits per heavy atom. The van der Waals surface area contributed by atoms with E-state index < -0.39 is 0 Å². The Morgan fingerprint density at radius 1 is 0.941 bits per heavy atom. The highest BCUT2D eigenvalue weighted by atomic mass is 16.2. The first-order valence-electron chi connectivity index (χ1n) is 6.95. The van der Waals surface area contributed by atoms with Gasteiger partial charge >= 0.3 is 0 Å². The molecule has 3 heteroatoms. The Morgan fingerprint density at radius 2 is 1.35 bits per heavy atom. The van der Waals surface area contributed by atoms with Gasteiger partial charge in [0.2, 0.25) is 11.8 Å². The Balaban J connectivity index is -0.000000285. The molecule has 1 saturated heterocycles. The molecule has 3 nitrogen and oxygen atoms in total. The van der Waals surface area contributed by atoms with Crippen molar-refractivity contribution in [2.75, 3.05) is 0 Å². The van der Waals surface area contributed by atoms with Crippen LogP contribution < -0.4 is 5.32 Å². The van der Waals surface area contributed by atoms with Crippen LogP contribution >= 0.6 is 0 Å². The predicted molar refractivity (Wildman–Crippen MR) is 74.8 cm³/mol. The first kappa shape index (κ1) is 21.4. The fourth-order valence-corrected chi connectivity index (χ4v) is 1.18. The number of amides is 2. The van der Waals surface area contributed by atoms with Crippen LogP contribution in [0, 0.1) is 11.8 Å². The van der Waals surface area contributed by atoms with Crippen molar-refractivity contribution in [2.45, 2.75) is 68.2 Å². The van der Waals surface area contributed by atoms with Gasteiger partial charge in [-0.05, 0) is 12.3 Å². The molecule has 1 aliphatic rings. The van der Waals surface area contributed by atoms with Crippen LogP contribution in [0.25, 0.3) is 0 Å². The zero-order valence-corrected chi connectivity index (χ0v) is 12.9. The number of carbonyl (C=O) groups is 2. The van der Waals surface area contributed by atoms with Crippen molar-refractivity contribution >= 4 is 11.8 Å². The summed E-state index contributed by atoms with van der Waals surface area (Å²) in [6.07, 6.45) is 1.30. The van der Waals surface area contributed by atoms with Gasteiger partial charge < -0.3 is 0 Å². The second-order valence-electron chi connectivity index (χ2n) is 3.22. The van der Waals surface area contributed by atoms with Gasteiger partial charge in [0, 0.05) is 12.3 Å². The van der Waals surface area contributed by atoms with Crippen molar-refractivity contribution in [3.8, 4) is 0 Å². The minimum atomic E-state index is -0.133. The molecular formula is C14H31NO2. The average Bonchev–Trinajstić information content (AvgIpc) is 2.51. The quantitative estimate of drug-likeness (QED) is 0.660. The lowest BCUT2D eigenvalue weighted by Gasteiger charge is -2.12. The lowest BCUT2D eigenvalue weighted by molar-refractivity contribution is -0.131. The lowest BCUT2D eigenvalue weighted by Crippen LogP contribution is -2.32. The summed E-state index contributed by atoms with van der Waals surface area (Å²) in [7, 11) is 0. The Hall–Kier alpha value is -0.860. The summed E-state index contributed by atoms with van der Waals surface area (Å²) in [5, 5.41) is 2.34. The van der Waals surface area contributed by atoms with E-state index >= 15 is 0 Å². The van der Waals surface area contributed by atoms with Gasteiger partial charge in [0.1, 0.15) is 0 Å². The number of rotatable bonds is 0. The van der Waals surface area contributed by atoms with E-state index in [4.69, 9.17) is 0 Å². The second kappa shape index (κ2) is 15.1. The van der Waals surface area contributed by atoms with Crippen molar-refractivity contribution in [2.24, 2.45) is 11.8 Å². The zero-order chi connectivity index (χ0) is 14.4. The highest BCUT2D eigenvalue weighted by Crippen LogP contribution is 2.19. The molecule has 2 atom stereocenters. The van der Waals surface area contributed by atoms with Gasteiger partial charge in [-0.15, -0.1) is 0 Å². The van der Waals surface area contributed by atoms with E-state index in [9.17, 15) is 9.59 Å². The van der Waals surface area contributed by atoms with Crippen LogP contribution in [0.15, 0.2) is 0 Å². The van der Waals surface area contributed by atoms with Gasteiger partial charge in [-0.2, -0.15) is 0 Å². The molecule has 0 spiro atoms. The largest absolute Gasteiger partial charge is 0.296 e. The SMILES string of the molecule is CC.CC.CC.CC1CCC(=O)NC(=O)C1C. The summed E-state index contributed by atoms with van der Waals surface area (Å²) in [6, 6.07) is 0. The topological polar surface area (TPSA) is 46.2 Å². The minimum absolute atomic E-state index is 0.0264. The van der Waals surface area contributed by atoms with Gasteiger partial charge in [0.15, 0.2) is 0 Å².